The zero-order valence-corrected chi connectivity index (χ0v) is 20.5. The van der Waals surface area contributed by atoms with Crippen LogP contribution in [0.2, 0.25) is 0 Å². The van der Waals surface area contributed by atoms with E-state index in [0.717, 1.165) is 76.2 Å². The van der Waals surface area contributed by atoms with Crippen LogP contribution >= 0.6 is 0 Å². The molecule has 3 heterocycles. The number of carbonyl (C=O) groups is 2. The van der Waals surface area contributed by atoms with Crippen LogP contribution in [0.25, 0.3) is 0 Å². The van der Waals surface area contributed by atoms with E-state index in [1.165, 1.54) is 17.7 Å². The molecule has 1 aliphatic carbocycles. The van der Waals surface area contributed by atoms with Gasteiger partial charge in [-0.25, -0.2) is 0 Å². The number of hydrogen-bond donors (Lipinski definition) is 2. The second-order valence-corrected chi connectivity index (χ2v) is 10.4. The van der Waals surface area contributed by atoms with Crippen molar-refractivity contribution in [1.29, 1.82) is 0 Å². The predicted octanol–water partition coefficient (Wildman–Crippen LogP) is 2.81. The van der Waals surface area contributed by atoms with Crippen LogP contribution in [-0.2, 0) is 18.6 Å². The molecule has 34 heavy (non-hydrogen) atoms. The Balaban J connectivity index is 1.29. The van der Waals surface area contributed by atoms with E-state index in [-0.39, 0.29) is 17.4 Å². The lowest BCUT2D eigenvalue weighted by molar-refractivity contribution is -0.0217. The maximum Gasteiger partial charge on any atom is 0.267 e. The van der Waals surface area contributed by atoms with Gasteiger partial charge >= 0.3 is 0 Å². The average molecular weight is 464 g/mol. The molecule has 2 aromatic rings. The van der Waals surface area contributed by atoms with Gasteiger partial charge in [0, 0.05) is 51.5 Å². The first-order valence-electron chi connectivity index (χ1n) is 12.7. The average Bonchev–Trinajstić information content (AvgIpc) is 3.26. The van der Waals surface area contributed by atoms with Crippen LogP contribution in [0.4, 0.5) is 0 Å². The van der Waals surface area contributed by atoms with Gasteiger partial charge in [0.1, 0.15) is 5.69 Å². The Morgan fingerprint density at radius 3 is 2.44 bits per heavy atom. The summed E-state index contributed by atoms with van der Waals surface area (Å²) in [5.41, 5.74) is 4.06. The minimum Gasteiger partial charge on any atom is -0.350 e. The molecule has 0 atom stereocenters. The Hall–Kier alpha value is -2.64. The number of amides is 2. The number of hydrogen-bond acceptors (Lipinski definition) is 4. The van der Waals surface area contributed by atoms with Gasteiger partial charge in [-0.15, -0.1) is 0 Å². The molecular weight excluding hydrogens is 426 g/mol. The zero-order valence-electron chi connectivity index (χ0n) is 20.5. The summed E-state index contributed by atoms with van der Waals surface area (Å²) in [5, 5.41) is 6.60. The van der Waals surface area contributed by atoms with E-state index in [2.05, 4.69) is 38.3 Å². The van der Waals surface area contributed by atoms with E-state index in [0.29, 0.717) is 5.92 Å². The molecule has 1 spiro atoms. The molecule has 2 fully saturated rings. The third-order valence-electron chi connectivity index (χ3n) is 8.06. The number of rotatable bonds is 6. The molecule has 7 nitrogen and oxygen atoms in total. The summed E-state index contributed by atoms with van der Waals surface area (Å²) in [6.07, 6.45) is 5.74. The second kappa shape index (κ2) is 9.55. The van der Waals surface area contributed by atoms with Crippen LogP contribution in [0.15, 0.2) is 36.4 Å². The second-order valence-electron chi connectivity index (χ2n) is 10.4. The topological polar surface area (TPSA) is 69.6 Å². The third-order valence-corrected chi connectivity index (χ3v) is 8.06. The monoisotopic (exact) mass is 463 g/mol. The number of aromatic nitrogens is 1. The molecule has 2 N–H and O–H groups in total. The highest BCUT2D eigenvalue weighted by Crippen LogP contribution is 2.49. The summed E-state index contributed by atoms with van der Waals surface area (Å²) in [4.78, 5) is 29.5. The van der Waals surface area contributed by atoms with Crippen molar-refractivity contribution in [3.05, 3.63) is 58.9 Å². The van der Waals surface area contributed by atoms with Crippen molar-refractivity contribution >= 4 is 11.8 Å². The lowest BCUT2D eigenvalue weighted by atomic mass is 9.71. The van der Waals surface area contributed by atoms with E-state index < -0.39 is 0 Å². The molecule has 3 aliphatic rings. The summed E-state index contributed by atoms with van der Waals surface area (Å²) < 4.78 is 2.27. The smallest absolute Gasteiger partial charge is 0.267 e. The van der Waals surface area contributed by atoms with Gasteiger partial charge in [0.25, 0.3) is 11.8 Å². The Kier molecular flexibility index (Phi) is 6.49. The lowest BCUT2D eigenvalue weighted by Gasteiger charge is -2.53. The van der Waals surface area contributed by atoms with Crippen LogP contribution in [0.3, 0.4) is 0 Å². The highest BCUT2D eigenvalue weighted by atomic mass is 16.2. The number of fused-ring (bicyclic) bond motifs is 2. The number of piperidine rings is 1. The number of carbonyl (C=O) groups excluding carboxylic acids is 2. The van der Waals surface area contributed by atoms with Gasteiger partial charge in [-0.2, -0.15) is 0 Å². The Labute approximate surface area is 202 Å². The molecule has 0 radical (unpaired) electrons. The van der Waals surface area contributed by atoms with Gasteiger partial charge in [-0.3, -0.25) is 14.5 Å². The van der Waals surface area contributed by atoms with Crippen LogP contribution in [0.1, 0.15) is 64.2 Å². The van der Waals surface area contributed by atoms with Crippen molar-refractivity contribution in [2.45, 2.75) is 50.7 Å². The first-order chi connectivity index (χ1) is 16.5. The van der Waals surface area contributed by atoms with Gasteiger partial charge in [0.15, 0.2) is 0 Å². The normalized spacial score (nSPS) is 19.9. The molecule has 0 bridgehead atoms. The van der Waals surface area contributed by atoms with Crippen LogP contribution in [-0.4, -0.2) is 66.5 Å². The number of benzene rings is 1. The fourth-order valence-electron chi connectivity index (χ4n) is 5.87. The molecule has 5 rings (SSSR count). The van der Waals surface area contributed by atoms with Crippen molar-refractivity contribution in [1.82, 2.24) is 25.0 Å². The minimum absolute atomic E-state index is 0.0178. The van der Waals surface area contributed by atoms with E-state index in [4.69, 9.17) is 0 Å². The van der Waals surface area contributed by atoms with Gasteiger partial charge in [0.2, 0.25) is 0 Å². The summed E-state index contributed by atoms with van der Waals surface area (Å²) in [5.74, 6) is 0.673. The SMILES string of the molecule is CN(C)C(=O)c1ccc(CN2CCn3c(C(=O)NCC4CCNCC4)ccc3C23CCC3)cc1. The molecule has 2 amide bonds. The summed E-state index contributed by atoms with van der Waals surface area (Å²) >= 11 is 0. The van der Waals surface area contributed by atoms with Crippen molar-refractivity contribution in [2.24, 2.45) is 5.92 Å². The molecule has 1 saturated heterocycles. The Bertz CT molecular complexity index is 1030. The third kappa shape index (κ3) is 4.27. The molecule has 1 aromatic carbocycles. The summed E-state index contributed by atoms with van der Waals surface area (Å²) in [6, 6.07) is 12.2. The van der Waals surface area contributed by atoms with Crippen molar-refractivity contribution < 1.29 is 9.59 Å². The highest BCUT2D eigenvalue weighted by Gasteiger charge is 2.48. The van der Waals surface area contributed by atoms with Gasteiger partial charge in [-0.1, -0.05) is 12.1 Å². The van der Waals surface area contributed by atoms with Crippen molar-refractivity contribution in [2.75, 3.05) is 40.3 Å². The Morgan fingerprint density at radius 2 is 1.79 bits per heavy atom. The number of nitrogens with zero attached hydrogens (tertiary/aromatic N) is 3. The molecule has 7 heteroatoms. The summed E-state index contributed by atoms with van der Waals surface area (Å²) in [6.45, 7) is 5.48. The summed E-state index contributed by atoms with van der Waals surface area (Å²) in [7, 11) is 3.56. The van der Waals surface area contributed by atoms with Crippen molar-refractivity contribution in [3.63, 3.8) is 0 Å². The van der Waals surface area contributed by atoms with E-state index in [1.54, 1.807) is 19.0 Å². The predicted molar refractivity (Wildman–Crippen MR) is 133 cm³/mol. The first-order valence-corrected chi connectivity index (χ1v) is 12.7. The lowest BCUT2D eigenvalue weighted by Crippen LogP contribution is -2.56. The zero-order chi connectivity index (χ0) is 23.7. The molecule has 0 unspecified atom stereocenters. The fourth-order valence-corrected chi connectivity index (χ4v) is 5.87. The highest BCUT2D eigenvalue weighted by molar-refractivity contribution is 5.94. The standard InChI is InChI=1S/C27H37N5O2/c1-30(2)26(34)22-6-4-21(5-7-22)19-31-16-17-32-23(8-9-24(32)27(31)12-3-13-27)25(33)29-18-20-10-14-28-15-11-20/h4-9,20,28H,3,10-19H2,1-2H3,(H,29,33). The Morgan fingerprint density at radius 1 is 1.06 bits per heavy atom. The molecular formula is C27H37N5O2. The van der Waals surface area contributed by atoms with E-state index >= 15 is 0 Å². The minimum atomic E-state index is 0.0178. The maximum atomic E-state index is 13.1. The molecule has 2 aliphatic heterocycles. The molecule has 1 saturated carbocycles. The quantitative estimate of drug-likeness (QED) is 0.691. The molecule has 182 valence electrons. The van der Waals surface area contributed by atoms with Gasteiger partial charge in [0.05, 0.1) is 5.54 Å². The fraction of sp³-hybridized carbons (Fsp3) is 0.556. The van der Waals surface area contributed by atoms with E-state index in [9.17, 15) is 9.59 Å². The first kappa shape index (κ1) is 23.1. The van der Waals surface area contributed by atoms with E-state index in [1.807, 2.05) is 18.2 Å². The molecule has 1 aromatic heterocycles. The number of nitrogens with one attached hydrogen (secondary N) is 2. The van der Waals surface area contributed by atoms with Gasteiger partial charge < -0.3 is 20.1 Å². The van der Waals surface area contributed by atoms with Crippen LogP contribution in [0, 0.1) is 5.92 Å². The van der Waals surface area contributed by atoms with Crippen LogP contribution < -0.4 is 10.6 Å². The largest absolute Gasteiger partial charge is 0.350 e. The maximum absolute atomic E-state index is 13.1. The van der Waals surface area contributed by atoms with Crippen LogP contribution in [0.5, 0.6) is 0 Å². The van der Waals surface area contributed by atoms with Crippen molar-refractivity contribution in [3.8, 4) is 0 Å². The van der Waals surface area contributed by atoms with Gasteiger partial charge in [-0.05, 0) is 80.9 Å².